The highest BCUT2D eigenvalue weighted by Crippen LogP contribution is 2.39. The first-order valence-corrected chi connectivity index (χ1v) is 9.37. The Balaban J connectivity index is 2.07. The Bertz CT molecular complexity index is 916. The molecule has 0 aliphatic heterocycles. The van der Waals surface area contributed by atoms with Crippen LogP contribution in [0, 0.1) is 13.8 Å². The standard InChI is InChI=1S/C20H20ClNO2S/c1-4-24-19(23)12-22-14(3)20(17-11-13(2)5-10-18(17)22)25-16-8-6-15(21)7-9-16/h5-11H,4,12H2,1-3H3. The molecule has 0 saturated heterocycles. The Hall–Kier alpha value is -1.91. The summed E-state index contributed by atoms with van der Waals surface area (Å²) in [5.41, 5.74) is 3.31. The van der Waals surface area contributed by atoms with Crippen LogP contribution in [0.5, 0.6) is 0 Å². The summed E-state index contributed by atoms with van der Waals surface area (Å²) in [7, 11) is 0. The Morgan fingerprint density at radius 2 is 1.88 bits per heavy atom. The second-order valence-electron chi connectivity index (χ2n) is 5.88. The Morgan fingerprint density at radius 3 is 2.56 bits per heavy atom. The summed E-state index contributed by atoms with van der Waals surface area (Å²) in [5.74, 6) is -0.217. The topological polar surface area (TPSA) is 31.2 Å². The van der Waals surface area contributed by atoms with Crippen LogP contribution in [0.3, 0.4) is 0 Å². The molecule has 5 heteroatoms. The normalized spacial score (nSPS) is 11.0. The van der Waals surface area contributed by atoms with E-state index >= 15 is 0 Å². The second-order valence-corrected chi connectivity index (χ2v) is 7.40. The van der Waals surface area contributed by atoms with Crippen LogP contribution in [0.15, 0.2) is 52.3 Å². The molecule has 0 spiro atoms. The number of rotatable bonds is 5. The maximum Gasteiger partial charge on any atom is 0.325 e. The first-order valence-electron chi connectivity index (χ1n) is 8.18. The van der Waals surface area contributed by atoms with Crippen LogP contribution in [0.1, 0.15) is 18.2 Å². The monoisotopic (exact) mass is 373 g/mol. The highest BCUT2D eigenvalue weighted by atomic mass is 35.5. The molecule has 1 heterocycles. The van der Waals surface area contributed by atoms with Crippen molar-refractivity contribution < 1.29 is 9.53 Å². The van der Waals surface area contributed by atoms with Crippen molar-refractivity contribution in [3.63, 3.8) is 0 Å². The molecule has 1 aromatic heterocycles. The Labute approximate surface area is 156 Å². The third-order valence-corrected chi connectivity index (χ3v) is 5.53. The number of esters is 1. The maximum absolute atomic E-state index is 12.0. The van der Waals surface area contributed by atoms with Gasteiger partial charge in [-0.25, -0.2) is 0 Å². The highest BCUT2D eigenvalue weighted by molar-refractivity contribution is 7.99. The predicted octanol–water partition coefficient (Wildman–Crippen LogP) is 5.63. The lowest BCUT2D eigenvalue weighted by atomic mass is 10.2. The van der Waals surface area contributed by atoms with Crippen molar-refractivity contribution in [2.24, 2.45) is 0 Å². The number of ether oxygens (including phenoxy) is 1. The number of halogens is 1. The van der Waals surface area contributed by atoms with E-state index in [1.54, 1.807) is 11.8 Å². The van der Waals surface area contributed by atoms with Gasteiger partial charge in [-0.3, -0.25) is 4.79 Å². The number of aromatic nitrogens is 1. The van der Waals surface area contributed by atoms with Crippen molar-refractivity contribution in [2.45, 2.75) is 37.1 Å². The SMILES string of the molecule is CCOC(=O)Cn1c(C)c(Sc2ccc(Cl)cc2)c2cc(C)ccc21. The lowest BCUT2D eigenvalue weighted by Gasteiger charge is -2.08. The fourth-order valence-electron chi connectivity index (χ4n) is 2.85. The lowest BCUT2D eigenvalue weighted by Crippen LogP contribution is -2.14. The molecule has 0 amide bonds. The van der Waals surface area contributed by atoms with Crippen LogP contribution in [-0.4, -0.2) is 17.1 Å². The molecule has 0 aliphatic carbocycles. The van der Waals surface area contributed by atoms with Gasteiger partial charge in [0.1, 0.15) is 6.54 Å². The van der Waals surface area contributed by atoms with Gasteiger partial charge in [0.15, 0.2) is 0 Å². The van der Waals surface area contributed by atoms with E-state index in [0.717, 1.165) is 31.4 Å². The van der Waals surface area contributed by atoms with E-state index in [1.165, 1.54) is 5.56 Å². The largest absolute Gasteiger partial charge is 0.465 e. The number of nitrogens with zero attached hydrogens (tertiary/aromatic N) is 1. The molecule has 0 fully saturated rings. The predicted molar refractivity (Wildman–Crippen MR) is 104 cm³/mol. The van der Waals surface area contributed by atoms with Gasteiger partial charge < -0.3 is 9.30 Å². The van der Waals surface area contributed by atoms with Crippen LogP contribution < -0.4 is 0 Å². The number of aryl methyl sites for hydroxylation is 1. The second kappa shape index (κ2) is 7.54. The molecular weight excluding hydrogens is 354 g/mol. The van der Waals surface area contributed by atoms with E-state index < -0.39 is 0 Å². The molecular formula is C20H20ClNO2S. The van der Waals surface area contributed by atoms with Crippen molar-refractivity contribution in [3.05, 3.63) is 58.7 Å². The average molecular weight is 374 g/mol. The van der Waals surface area contributed by atoms with Gasteiger partial charge in [0.2, 0.25) is 0 Å². The molecule has 0 aliphatic rings. The van der Waals surface area contributed by atoms with Gasteiger partial charge in [0, 0.05) is 31.4 Å². The van der Waals surface area contributed by atoms with Crippen molar-refractivity contribution in [3.8, 4) is 0 Å². The minimum absolute atomic E-state index is 0.217. The highest BCUT2D eigenvalue weighted by Gasteiger charge is 2.17. The molecule has 0 radical (unpaired) electrons. The number of carbonyl (C=O) groups is 1. The summed E-state index contributed by atoms with van der Waals surface area (Å²) >= 11 is 7.68. The van der Waals surface area contributed by atoms with E-state index in [1.807, 2.05) is 42.7 Å². The zero-order valence-electron chi connectivity index (χ0n) is 14.5. The number of carbonyl (C=O) groups excluding carboxylic acids is 1. The summed E-state index contributed by atoms with van der Waals surface area (Å²) in [6.45, 7) is 6.56. The third-order valence-electron chi connectivity index (χ3n) is 4.05. The van der Waals surface area contributed by atoms with E-state index in [-0.39, 0.29) is 12.5 Å². The van der Waals surface area contributed by atoms with E-state index in [0.29, 0.717) is 6.61 Å². The Morgan fingerprint density at radius 1 is 1.16 bits per heavy atom. The first kappa shape index (κ1) is 17.9. The van der Waals surface area contributed by atoms with Crippen molar-refractivity contribution >= 4 is 40.2 Å². The first-order chi connectivity index (χ1) is 12.0. The van der Waals surface area contributed by atoms with Crippen LogP contribution in [0.25, 0.3) is 10.9 Å². The molecule has 0 atom stereocenters. The number of hydrogen-bond acceptors (Lipinski definition) is 3. The van der Waals surface area contributed by atoms with Crippen molar-refractivity contribution in [2.75, 3.05) is 6.61 Å². The molecule has 130 valence electrons. The average Bonchev–Trinajstić information content (AvgIpc) is 2.82. The van der Waals surface area contributed by atoms with Gasteiger partial charge in [-0.2, -0.15) is 0 Å². The van der Waals surface area contributed by atoms with Crippen molar-refractivity contribution in [1.29, 1.82) is 0 Å². The summed E-state index contributed by atoms with van der Waals surface area (Å²) < 4.78 is 7.17. The van der Waals surface area contributed by atoms with Crippen LogP contribution >= 0.6 is 23.4 Å². The van der Waals surface area contributed by atoms with Gasteiger partial charge in [-0.15, -0.1) is 0 Å². The summed E-state index contributed by atoms with van der Waals surface area (Å²) in [5, 5.41) is 1.88. The van der Waals surface area contributed by atoms with Gasteiger partial charge in [0.25, 0.3) is 0 Å². The van der Waals surface area contributed by atoms with Gasteiger partial charge >= 0.3 is 5.97 Å². The molecule has 3 aromatic rings. The maximum atomic E-state index is 12.0. The molecule has 0 N–H and O–H groups in total. The minimum Gasteiger partial charge on any atom is -0.465 e. The number of benzene rings is 2. The summed E-state index contributed by atoms with van der Waals surface area (Å²) in [6.07, 6.45) is 0. The van der Waals surface area contributed by atoms with Crippen LogP contribution in [-0.2, 0) is 16.1 Å². The van der Waals surface area contributed by atoms with Crippen LogP contribution in [0.4, 0.5) is 0 Å². The zero-order valence-corrected chi connectivity index (χ0v) is 16.1. The molecule has 0 bridgehead atoms. The quantitative estimate of drug-likeness (QED) is 0.543. The van der Waals surface area contributed by atoms with Gasteiger partial charge in [-0.1, -0.05) is 35.0 Å². The van der Waals surface area contributed by atoms with E-state index in [9.17, 15) is 4.79 Å². The van der Waals surface area contributed by atoms with Gasteiger partial charge in [-0.05, 0) is 57.2 Å². The number of fused-ring (bicyclic) bond motifs is 1. The van der Waals surface area contributed by atoms with E-state index in [2.05, 4.69) is 25.1 Å². The smallest absolute Gasteiger partial charge is 0.325 e. The molecule has 3 rings (SSSR count). The third kappa shape index (κ3) is 3.86. The zero-order chi connectivity index (χ0) is 18.0. The molecule has 2 aromatic carbocycles. The molecule has 25 heavy (non-hydrogen) atoms. The van der Waals surface area contributed by atoms with E-state index in [4.69, 9.17) is 16.3 Å². The van der Waals surface area contributed by atoms with Crippen LogP contribution in [0.2, 0.25) is 5.02 Å². The Kier molecular flexibility index (Phi) is 5.40. The minimum atomic E-state index is -0.217. The molecule has 3 nitrogen and oxygen atoms in total. The fourth-order valence-corrected chi connectivity index (χ4v) is 4.02. The molecule has 0 saturated carbocycles. The fraction of sp³-hybridized carbons (Fsp3) is 0.250. The summed E-state index contributed by atoms with van der Waals surface area (Å²) in [4.78, 5) is 14.3. The summed E-state index contributed by atoms with van der Waals surface area (Å²) in [6, 6.07) is 14.1. The van der Waals surface area contributed by atoms with Crippen molar-refractivity contribution in [1.82, 2.24) is 4.57 Å². The lowest BCUT2D eigenvalue weighted by molar-refractivity contribution is -0.143. The molecule has 0 unspecified atom stereocenters. The van der Waals surface area contributed by atoms with Gasteiger partial charge in [0.05, 0.1) is 6.61 Å². The number of hydrogen-bond donors (Lipinski definition) is 0.